The standard InChI is InChI=1S/C29H28ClN3O4/c1-35-16-6-15-33-28(25-26(31-32-27(25)29(33)34)20-9-12-22(30)13-10-20)21-11-14-23(24(17-21)36-2)37-18-19-7-4-3-5-8-19/h3-5,7-14,17,28H,6,15-16,18H2,1-2H3,(H,31,32). The van der Waals surface area contributed by atoms with E-state index in [4.69, 9.17) is 25.8 Å². The maximum Gasteiger partial charge on any atom is 0.273 e. The Labute approximate surface area is 220 Å². The van der Waals surface area contributed by atoms with Crippen LogP contribution in [0.3, 0.4) is 0 Å². The van der Waals surface area contributed by atoms with Crippen LogP contribution in [-0.4, -0.2) is 48.4 Å². The minimum absolute atomic E-state index is 0.0906. The van der Waals surface area contributed by atoms with Gasteiger partial charge in [0.2, 0.25) is 0 Å². The topological polar surface area (TPSA) is 76.7 Å². The molecule has 1 aliphatic heterocycles. The van der Waals surface area contributed by atoms with Gasteiger partial charge in [-0.25, -0.2) is 0 Å². The second-order valence-corrected chi connectivity index (χ2v) is 9.24. The summed E-state index contributed by atoms with van der Waals surface area (Å²) >= 11 is 6.12. The lowest BCUT2D eigenvalue weighted by molar-refractivity contribution is 0.0723. The number of halogens is 1. The summed E-state index contributed by atoms with van der Waals surface area (Å²) in [6.07, 6.45) is 0.710. The monoisotopic (exact) mass is 517 g/mol. The number of methoxy groups -OCH3 is 2. The Kier molecular flexibility index (Phi) is 7.44. The van der Waals surface area contributed by atoms with Gasteiger partial charge in [0.25, 0.3) is 5.91 Å². The minimum Gasteiger partial charge on any atom is -0.493 e. The van der Waals surface area contributed by atoms with Crippen LogP contribution in [0.15, 0.2) is 72.8 Å². The summed E-state index contributed by atoms with van der Waals surface area (Å²) in [5, 5.41) is 8.15. The molecular formula is C29H28ClN3O4. The number of rotatable bonds is 10. The Morgan fingerprint density at radius 2 is 1.78 bits per heavy atom. The molecule has 1 atom stereocenters. The zero-order valence-electron chi connectivity index (χ0n) is 20.7. The molecule has 2 heterocycles. The number of carbonyl (C=O) groups is 1. The summed E-state index contributed by atoms with van der Waals surface area (Å²) in [6, 6.07) is 22.9. The lowest BCUT2D eigenvalue weighted by atomic mass is 9.95. The van der Waals surface area contributed by atoms with Crippen molar-refractivity contribution >= 4 is 17.5 Å². The van der Waals surface area contributed by atoms with Crippen molar-refractivity contribution in [2.24, 2.45) is 0 Å². The molecule has 0 fully saturated rings. The summed E-state index contributed by atoms with van der Waals surface area (Å²) < 4.78 is 17.0. The molecule has 0 spiro atoms. The van der Waals surface area contributed by atoms with E-state index in [1.54, 1.807) is 14.2 Å². The third-order valence-corrected chi connectivity index (χ3v) is 6.72. The van der Waals surface area contributed by atoms with Gasteiger partial charge in [0.1, 0.15) is 12.3 Å². The minimum atomic E-state index is -0.346. The highest BCUT2D eigenvalue weighted by Gasteiger charge is 2.42. The van der Waals surface area contributed by atoms with Crippen LogP contribution >= 0.6 is 11.6 Å². The molecule has 1 amide bonds. The number of H-pyrrole nitrogens is 1. The number of aromatic amines is 1. The van der Waals surface area contributed by atoms with E-state index < -0.39 is 0 Å². The molecule has 0 radical (unpaired) electrons. The number of benzene rings is 3. The molecule has 37 heavy (non-hydrogen) atoms. The normalized spacial score (nSPS) is 14.6. The van der Waals surface area contributed by atoms with Gasteiger partial charge in [0.15, 0.2) is 11.5 Å². The second-order valence-electron chi connectivity index (χ2n) is 8.80. The van der Waals surface area contributed by atoms with Crippen molar-refractivity contribution in [2.75, 3.05) is 27.4 Å². The smallest absolute Gasteiger partial charge is 0.273 e. The zero-order chi connectivity index (χ0) is 25.8. The van der Waals surface area contributed by atoms with Gasteiger partial charge >= 0.3 is 0 Å². The molecule has 0 aliphatic carbocycles. The third-order valence-electron chi connectivity index (χ3n) is 6.47. The molecule has 7 nitrogen and oxygen atoms in total. The van der Waals surface area contributed by atoms with Gasteiger partial charge in [-0.3, -0.25) is 9.89 Å². The number of ether oxygens (including phenoxy) is 3. The second kappa shape index (κ2) is 11.1. The molecule has 4 aromatic rings. The molecule has 190 valence electrons. The first-order valence-corrected chi connectivity index (χ1v) is 12.5. The summed E-state index contributed by atoms with van der Waals surface area (Å²) in [5.41, 5.74) is 4.91. The van der Waals surface area contributed by atoms with Gasteiger partial charge in [-0.1, -0.05) is 60.1 Å². The zero-order valence-corrected chi connectivity index (χ0v) is 21.5. The fraction of sp³-hybridized carbons (Fsp3) is 0.241. The highest BCUT2D eigenvalue weighted by molar-refractivity contribution is 6.30. The van der Waals surface area contributed by atoms with Crippen LogP contribution in [0.1, 0.15) is 39.6 Å². The number of amides is 1. The highest BCUT2D eigenvalue weighted by atomic mass is 35.5. The number of nitrogens with zero attached hydrogens (tertiary/aromatic N) is 2. The third kappa shape index (κ3) is 5.05. The van der Waals surface area contributed by atoms with Gasteiger partial charge in [0, 0.05) is 36.4 Å². The summed E-state index contributed by atoms with van der Waals surface area (Å²) in [7, 11) is 3.28. The van der Waals surface area contributed by atoms with E-state index in [1.807, 2.05) is 77.7 Å². The lowest BCUT2D eigenvalue weighted by Crippen LogP contribution is -2.31. The van der Waals surface area contributed by atoms with Gasteiger partial charge in [-0.15, -0.1) is 0 Å². The first-order valence-electron chi connectivity index (χ1n) is 12.1. The largest absolute Gasteiger partial charge is 0.493 e. The molecule has 0 saturated heterocycles. The van der Waals surface area contributed by atoms with E-state index >= 15 is 0 Å². The fourth-order valence-corrected chi connectivity index (χ4v) is 4.82. The van der Waals surface area contributed by atoms with Crippen molar-refractivity contribution < 1.29 is 19.0 Å². The number of hydrogen-bond donors (Lipinski definition) is 1. The Bertz CT molecular complexity index is 1370. The number of fused-ring (bicyclic) bond motifs is 1. The van der Waals surface area contributed by atoms with Crippen LogP contribution in [-0.2, 0) is 11.3 Å². The van der Waals surface area contributed by atoms with Crippen LogP contribution in [0.2, 0.25) is 5.02 Å². The van der Waals surface area contributed by atoms with Crippen LogP contribution < -0.4 is 9.47 Å². The molecule has 5 rings (SSSR count). The van der Waals surface area contributed by atoms with E-state index in [-0.39, 0.29) is 11.9 Å². The van der Waals surface area contributed by atoms with Crippen molar-refractivity contribution in [3.63, 3.8) is 0 Å². The van der Waals surface area contributed by atoms with Crippen molar-refractivity contribution in [3.05, 3.63) is 100 Å². The van der Waals surface area contributed by atoms with Crippen LogP contribution in [0, 0.1) is 0 Å². The molecule has 1 N–H and O–H groups in total. The number of hydrogen-bond acceptors (Lipinski definition) is 5. The van der Waals surface area contributed by atoms with Crippen LogP contribution in [0.4, 0.5) is 0 Å². The average Bonchev–Trinajstić information content (AvgIpc) is 3.47. The number of nitrogens with one attached hydrogen (secondary N) is 1. The maximum atomic E-state index is 13.5. The van der Waals surface area contributed by atoms with Gasteiger partial charge in [0.05, 0.1) is 18.8 Å². The SMILES string of the molecule is COCCCN1C(=O)c2[nH]nc(-c3ccc(Cl)cc3)c2C1c1ccc(OCc2ccccc2)c(OC)c1. The fourth-order valence-electron chi connectivity index (χ4n) is 4.69. The first-order chi connectivity index (χ1) is 18.1. The average molecular weight is 518 g/mol. The van der Waals surface area contributed by atoms with Gasteiger partial charge < -0.3 is 19.1 Å². The quantitative estimate of drug-likeness (QED) is 0.265. The van der Waals surface area contributed by atoms with Gasteiger partial charge in [-0.2, -0.15) is 5.10 Å². The Hall–Kier alpha value is -3.81. The van der Waals surface area contributed by atoms with Crippen molar-refractivity contribution in [1.82, 2.24) is 15.1 Å². The lowest BCUT2D eigenvalue weighted by Gasteiger charge is -2.27. The highest BCUT2D eigenvalue weighted by Crippen LogP contribution is 2.44. The summed E-state index contributed by atoms with van der Waals surface area (Å²) in [6.45, 7) is 1.52. The van der Waals surface area contributed by atoms with Crippen molar-refractivity contribution in [3.8, 4) is 22.8 Å². The first kappa shape index (κ1) is 24.9. The van der Waals surface area contributed by atoms with E-state index in [0.717, 1.165) is 27.9 Å². The van der Waals surface area contributed by atoms with Gasteiger partial charge in [-0.05, 0) is 41.8 Å². The number of carbonyl (C=O) groups excluding carboxylic acids is 1. The molecule has 0 saturated carbocycles. The molecule has 1 unspecified atom stereocenters. The predicted molar refractivity (Wildman–Crippen MR) is 142 cm³/mol. The number of aromatic nitrogens is 2. The molecule has 1 aliphatic rings. The van der Waals surface area contributed by atoms with Crippen molar-refractivity contribution in [1.29, 1.82) is 0 Å². The molecule has 1 aromatic heterocycles. The molecular weight excluding hydrogens is 490 g/mol. The maximum absolute atomic E-state index is 13.5. The summed E-state index contributed by atoms with van der Waals surface area (Å²) in [5.74, 6) is 1.14. The summed E-state index contributed by atoms with van der Waals surface area (Å²) in [4.78, 5) is 15.4. The van der Waals surface area contributed by atoms with E-state index in [9.17, 15) is 4.79 Å². The Morgan fingerprint density at radius 3 is 2.51 bits per heavy atom. The molecule has 3 aromatic carbocycles. The molecule has 0 bridgehead atoms. The van der Waals surface area contributed by atoms with E-state index in [0.29, 0.717) is 48.4 Å². The Morgan fingerprint density at radius 1 is 1.00 bits per heavy atom. The van der Waals surface area contributed by atoms with Crippen LogP contribution in [0.25, 0.3) is 11.3 Å². The van der Waals surface area contributed by atoms with Crippen LogP contribution in [0.5, 0.6) is 11.5 Å². The molecule has 8 heteroatoms. The Balaban J connectivity index is 1.52. The van der Waals surface area contributed by atoms with E-state index in [1.165, 1.54) is 0 Å². The predicted octanol–water partition coefficient (Wildman–Crippen LogP) is 5.90. The van der Waals surface area contributed by atoms with E-state index in [2.05, 4.69) is 10.2 Å². The van der Waals surface area contributed by atoms with Crippen molar-refractivity contribution in [2.45, 2.75) is 19.1 Å².